The average molecular weight is 324 g/mol. The molecule has 0 aromatic carbocycles. The van der Waals surface area contributed by atoms with E-state index < -0.39 is 0 Å². The standard InChI is InChI=1S/C19H32O4/c1-5-7-9-11-13-19(14-12-10-8-6-2)15(17(20)22-3)16(19)18(21)23-4/h5-14H2,1-4H3. The molecule has 0 bridgehead atoms. The molecule has 1 aliphatic carbocycles. The SMILES string of the molecule is CCCCCCC1(CCCCCC)C(C(=O)OC)=C1C(=O)OC. The van der Waals surface area contributed by atoms with Crippen molar-refractivity contribution in [2.24, 2.45) is 5.41 Å². The van der Waals surface area contributed by atoms with Gasteiger partial charge in [0, 0.05) is 5.41 Å². The number of rotatable bonds is 12. The highest BCUT2D eigenvalue weighted by molar-refractivity contribution is 6.11. The zero-order chi connectivity index (χ0) is 17.3. The highest BCUT2D eigenvalue weighted by atomic mass is 16.5. The molecule has 0 amide bonds. The molecular weight excluding hydrogens is 292 g/mol. The van der Waals surface area contributed by atoms with Crippen molar-refractivity contribution < 1.29 is 19.1 Å². The van der Waals surface area contributed by atoms with Crippen LogP contribution in [0.4, 0.5) is 0 Å². The van der Waals surface area contributed by atoms with E-state index in [-0.39, 0.29) is 17.4 Å². The van der Waals surface area contributed by atoms with Crippen LogP contribution in [0.1, 0.15) is 78.1 Å². The minimum atomic E-state index is -0.387. The van der Waals surface area contributed by atoms with Crippen molar-refractivity contribution >= 4 is 11.9 Å². The van der Waals surface area contributed by atoms with Gasteiger partial charge in [0.15, 0.2) is 0 Å². The van der Waals surface area contributed by atoms with Gasteiger partial charge in [-0.25, -0.2) is 9.59 Å². The fraction of sp³-hybridized carbons (Fsp3) is 0.789. The fourth-order valence-corrected chi connectivity index (χ4v) is 3.49. The van der Waals surface area contributed by atoms with E-state index in [1.165, 1.54) is 39.9 Å². The van der Waals surface area contributed by atoms with Crippen molar-refractivity contribution in [3.63, 3.8) is 0 Å². The van der Waals surface area contributed by atoms with E-state index in [4.69, 9.17) is 9.47 Å². The van der Waals surface area contributed by atoms with Gasteiger partial charge in [-0.2, -0.15) is 0 Å². The molecule has 1 aliphatic rings. The van der Waals surface area contributed by atoms with Crippen LogP contribution in [0.15, 0.2) is 11.1 Å². The Labute approximate surface area is 140 Å². The van der Waals surface area contributed by atoms with E-state index in [9.17, 15) is 9.59 Å². The zero-order valence-corrected chi connectivity index (χ0v) is 15.2. The second kappa shape index (κ2) is 9.74. The van der Waals surface area contributed by atoms with Crippen LogP contribution in [-0.4, -0.2) is 26.2 Å². The van der Waals surface area contributed by atoms with E-state index >= 15 is 0 Å². The molecule has 0 aromatic heterocycles. The summed E-state index contributed by atoms with van der Waals surface area (Å²) < 4.78 is 9.81. The van der Waals surface area contributed by atoms with E-state index in [1.807, 2.05) is 0 Å². The lowest BCUT2D eigenvalue weighted by Gasteiger charge is -2.19. The van der Waals surface area contributed by atoms with Gasteiger partial charge in [-0.3, -0.25) is 0 Å². The molecule has 0 aliphatic heterocycles. The van der Waals surface area contributed by atoms with E-state index in [2.05, 4.69) is 13.8 Å². The summed E-state index contributed by atoms with van der Waals surface area (Å²) in [4.78, 5) is 24.2. The summed E-state index contributed by atoms with van der Waals surface area (Å²) >= 11 is 0. The van der Waals surface area contributed by atoms with E-state index in [0.29, 0.717) is 11.1 Å². The summed E-state index contributed by atoms with van der Waals surface area (Å²) in [6.45, 7) is 4.35. The van der Waals surface area contributed by atoms with Crippen molar-refractivity contribution in [1.82, 2.24) is 0 Å². The van der Waals surface area contributed by atoms with Gasteiger partial charge < -0.3 is 9.47 Å². The molecule has 23 heavy (non-hydrogen) atoms. The van der Waals surface area contributed by atoms with Gasteiger partial charge in [0.05, 0.1) is 25.4 Å². The summed E-state index contributed by atoms with van der Waals surface area (Å²) in [6.07, 6.45) is 10.8. The lowest BCUT2D eigenvalue weighted by Crippen LogP contribution is -2.16. The number of carbonyl (C=O) groups excluding carboxylic acids is 2. The van der Waals surface area contributed by atoms with Crippen LogP contribution in [0.25, 0.3) is 0 Å². The highest BCUT2D eigenvalue weighted by Crippen LogP contribution is 2.60. The Morgan fingerprint density at radius 3 is 1.43 bits per heavy atom. The van der Waals surface area contributed by atoms with Crippen molar-refractivity contribution in [3.05, 3.63) is 11.1 Å². The molecule has 0 unspecified atom stereocenters. The van der Waals surface area contributed by atoms with Crippen LogP contribution >= 0.6 is 0 Å². The van der Waals surface area contributed by atoms with Crippen molar-refractivity contribution in [3.8, 4) is 0 Å². The second-order valence-corrected chi connectivity index (χ2v) is 6.44. The molecule has 4 nitrogen and oxygen atoms in total. The Morgan fingerprint density at radius 2 is 1.13 bits per heavy atom. The van der Waals surface area contributed by atoms with Crippen LogP contribution in [0, 0.1) is 5.41 Å². The van der Waals surface area contributed by atoms with Gasteiger partial charge in [-0.15, -0.1) is 0 Å². The van der Waals surface area contributed by atoms with Crippen LogP contribution in [0.5, 0.6) is 0 Å². The maximum atomic E-state index is 12.1. The van der Waals surface area contributed by atoms with Crippen LogP contribution in [-0.2, 0) is 19.1 Å². The minimum Gasteiger partial charge on any atom is -0.466 e. The molecule has 4 heteroatoms. The van der Waals surface area contributed by atoms with Crippen molar-refractivity contribution in [2.75, 3.05) is 14.2 Å². The van der Waals surface area contributed by atoms with Crippen LogP contribution in [0.3, 0.4) is 0 Å². The molecule has 0 aromatic rings. The number of ether oxygens (including phenoxy) is 2. The molecule has 0 radical (unpaired) electrons. The molecular formula is C19H32O4. The minimum absolute atomic E-state index is 0.364. The van der Waals surface area contributed by atoms with Gasteiger partial charge in [-0.05, 0) is 12.8 Å². The zero-order valence-electron chi connectivity index (χ0n) is 15.2. The smallest absolute Gasteiger partial charge is 0.335 e. The topological polar surface area (TPSA) is 52.6 Å². The molecule has 0 atom stereocenters. The second-order valence-electron chi connectivity index (χ2n) is 6.44. The Hall–Kier alpha value is -1.32. The summed E-state index contributed by atoms with van der Waals surface area (Å²) in [5.74, 6) is -0.729. The van der Waals surface area contributed by atoms with Gasteiger partial charge in [0.2, 0.25) is 0 Å². The number of carbonyl (C=O) groups is 2. The Morgan fingerprint density at radius 1 is 0.739 bits per heavy atom. The molecule has 0 saturated carbocycles. The lowest BCUT2D eigenvalue weighted by atomic mass is 9.84. The predicted octanol–water partition coefficient (Wildman–Crippen LogP) is 4.57. The Kier molecular flexibility index (Phi) is 8.35. The lowest BCUT2D eigenvalue weighted by molar-refractivity contribution is -0.137. The third-order valence-corrected chi connectivity index (χ3v) is 4.84. The van der Waals surface area contributed by atoms with Crippen molar-refractivity contribution in [1.29, 1.82) is 0 Å². The number of hydrogen-bond donors (Lipinski definition) is 0. The van der Waals surface area contributed by atoms with Gasteiger partial charge in [0.25, 0.3) is 0 Å². The maximum Gasteiger partial charge on any atom is 0.335 e. The first kappa shape index (κ1) is 19.7. The van der Waals surface area contributed by atoms with Crippen molar-refractivity contribution in [2.45, 2.75) is 78.1 Å². The molecule has 0 spiro atoms. The van der Waals surface area contributed by atoms with E-state index in [1.54, 1.807) is 0 Å². The van der Waals surface area contributed by atoms with Gasteiger partial charge in [-0.1, -0.05) is 65.2 Å². The van der Waals surface area contributed by atoms with Gasteiger partial charge >= 0.3 is 11.9 Å². The third-order valence-electron chi connectivity index (χ3n) is 4.84. The summed E-state index contributed by atoms with van der Waals surface area (Å²) in [6, 6.07) is 0. The van der Waals surface area contributed by atoms with Crippen LogP contribution in [0.2, 0.25) is 0 Å². The van der Waals surface area contributed by atoms with Crippen LogP contribution < -0.4 is 0 Å². The molecule has 0 fully saturated rings. The number of unbranched alkanes of at least 4 members (excludes halogenated alkanes) is 6. The molecule has 0 saturated heterocycles. The maximum absolute atomic E-state index is 12.1. The Balaban J connectivity index is 2.81. The average Bonchev–Trinajstić information content (AvgIpc) is 3.23. The first-order valence-electron chi connectivity index (χ1n) is 9.00. The largest absolute Gasteiger partial charge is 0.466 e. The molecule has 0 N–H and O–H groups in total. The normalized spacial score (nSPS) is 15.5. The summed E-state index contributed by atoms with van der Waals surface area (Å²) in [7, 11) is 2.75. The summed E-state index contributed by atoms with van der Waals surface area (Å²) in [5, 5.41) is 0. The van der Waals surface area contributed by atoms with Gasteiger partial charge in [0.1, 0.15) is 0 Å². The predicted molar refractivity (Wildman–Crippen MR) is 91.0 cm³/mol. The number of hydrogen-bond acceptors (Lipinski definition) is 4. The first-order chi connectivity index (χ1) is 11.1. The quantitative estimate of drug-likeness (QED) is 0.390. The molecule has 0 heterocycles. The first-order valence-corrected chi connectivity index (χ1v) is 9.00. The number of methoxy groups -OCH3 is 2. The monoisotopic (exact) mass is 324 g/mol. The highest BCUT2D eigenvalue weighted by Gasteiger charge is 2.59. The number of esters is 2. The van der Waals surface area contributed by atoms with E-state index in [0.717, 1.165) is 38.5 Å². The fourth-order valence-electron chi connectivity index (χ4n) is 3.49. The third kappa shape index (κ3) is 4.82. The molecule has 1 rings (SSSR count). The molecule has 132 valence electrons. The summed E-state index contributed by atoms with van der Waals surface area (Å²) in [5.41, 5.74) is 0.751. The Bertz CT molecular complexity index is 397.